The molecule has 0 aliphatic rings. The zero-order chi connectivity index (χ0) is 11.0. The molecule has 82 valence electrons. The lowest BCUT2D eigenvalue weighted by Crippen LogP contribution is -2.16. The Labute approximate surface area is 85.7 Å². The van der Waals surface area contributed by atoms with Gasteiger partial charge in [-0.2, -0.15) is 0 Å². The first-order valence-corrected chi connectivity index (χ1v) is 6.01. The highest BCUT2D eigenvalue weighted by atomic mass is 31.2. The van der Waals surface area contributed by atoms with Crippen LogP contribution in [0.1, 0.15) is 0 Å². The minimum absolute atomic E-state index is 0.217. The summed E-state index contributed by atoms with van der Waals surface area (Å²) in [4.78, 5) is 1.77. The second kappa shape index (κ2) is 6.96. The van der Waals surface area contributed by atoms with Gasteiger partial charge in [-0.05, 0) is 14.1 Å². The lowest BCUT2D eigenvalue weighted by molar-refractivity contribution is 0.144. The van der Waals surface area contributed by atoms with Crippen molar-refractivity contribution in [3.8, 4) is 0 Å². The van der Waals surface area contributed by atoms with E-state index in [1.54, 1.807) is 4.90 Å². The van der Waals surface area contributed by atoms with Crippen molar-refractivity contribution in [1.29, 1.82) is 0 Å². The van der Waals surface area contributed by atoms with E-state index < -0.39 is 7.60 Å². The van der Waals surface area contributed by atoms with Crippen LogP contribution in [0.25, 0.3) is 0 Å². The molecule has 0 aromatic heterocycles. The predicted octanol–water partition coefficient (Wildman–Crippen LogP) is 2.10. The summed E-state index contributed by atoms with van der Waals surface area (Å²) in [6, 6.07) is 0. The first-order valence-electron chi connectivity index (χ1n) is 4.28. The average Bonchev–Trinajstić information content (AvgIpc) is 2.13. The molecule has 0 aromatic rings. The Morgan fingerprint density at radius 2 is 1.93 bits per heavy atom. The SMILES string of the molecule is C=CCOP(=O)(CC=C)OCN(C)C. The third kappa shape index (κ3) is 6.11. The normalized spacial score (nSPS) is 15.1. The summed E-state index contributed by atoms with van der Waals surface area (Å²) in [6.07, 6.45) is 3.28. The van der Waals surface area contributed by atoms with Gasteiger partial charge in [-0.25, -0.2) is 0 Å². The number of allylic oxidation sites excluding steroid dienone is 1. The molecule has 0 saturated carbocycles. The molecule has 0 aliphatic heterocycles. The summed E-state index contributed by atoms with van der Waals surface area (Å²) in [5, 5.41) is 0. The molecule has 5 heteroatoms. The molecule has 0 heterocycles. The lowest BCUT2D eigenvalue weighted by Gasteiger charge is -2.18. The van der Waals surface area contributed by atoms with E-state index in [0.717, 1.165) is 0 Å². The minimum atomic E-state index is -3.02. The Bertz CT molecular complexity index is 228. The predicted molar refractivity (Wildman–Crippen MR) is 58.5 cm³/mol. The van der Waals surface area contributed by atoms with Gasteiger partial charge in [-0.1, -0.05) is 12.2 Å². The van der Waals surface area contributed by atoms with Gasteiger partial charge in [-0.15, -0.1) is 13.2 Å². The van der Waals surface area contributed by atoms with E-state index in [-0.39, 0.29) is 19.5 Å². The Kier molecular flexibility index (Phi) is 6.75. The van der Waals surface area contributed by atoms with E-state index in [0.29, 0.717) is 0 Å². The maximum Gasteiger partial charge on any atom is 0.335 e. The van der Waals surface area contributed by atoms with Crippen LogP contribution in [0.15, 0.2) is 25.3 Å². The van der Waals surface area contributed by atoms with Gasteiger partial charge in [0.1, 0.15) is 6.73 Å². The highest BCUT2D eigenvalue weighted by molar-refractivity contribution is 7.54. The maximum atomic E-state index is 11.9. The topological polar surface area (TPSA) is 38.8 Å². The van der Waals surface area contributed by atoms with E-state index in [1.807, 2.05) is 14.1 Å². The molecule has 14 heavy (non-hydrogen) atoms. The molecule has 0 bridgehead atoms. The molecular weight excluding hydrogens is 201 g/mol. The molecule has 0 fully saturated rings. The molecule has 1 atom stereocenters. The monoisotopic (exact) mass is 219 g/mol. The molecule has 0 N–H and O–H groups in total. The largest absolute Gasteiger partial charge is 0.335 e. The van der Waals surface area contributed by atoms with E-state index in [9.17, 15) is 4.57 Å². The number of rotatable bonds is 8. The standard InChI is InChI=1S/C9H18NO3P/c1-5-7-12-14(11,8-6-2)13-9-10(3)4/h5-6H,1-2,7-9H2,3-4H3. The smallest absolute Gasteiger partial charge is 0.304 e. The van der Waals surface area contributed by atoms with Gasteiger partial charge < -0.3 is 4.52 Å². The Morgan fingerprint density at radius 1 is 1.29 bits per heavy atom. The third-order valence-electron chi connectivity index (χ3n) is 1.25. The van der Waals surface area contributed by atoms with Crippen LogP contribution in [0.4, 0.5) is 0 Å². The summed E-state index contributed by atoms with van der Waals surface area (Å²) in [7, 11) is 0.630. The molecule has 1 unspecified atom stereocenters. The number of hydrogen-bond donors (Lipinski definition) is 0. The summed E-state index contributed by atoms with van der Waals surface area (Å²) in [5.41, 5.74) is 0. The molecule has 0 radical (unpaired) electrons. The van der Waals surface area contributed by atoms with Crippen LogP contribution in [0, 0.1) is 0 Å². The summed E-state index contributed by atoms with van der Waals surface area (Å²) in [6.45, 7) is 7.48. The van der Waals surface area contributed by atoms with Crippen molar-refractivity contribution >= 4 is 7.60 Å². The maximum absolute atomic E-state index is 11.9. The fourth-order valence-corrected chi connectivity index (χ4v) is 2.01. The molecule has 0 amide bonds. The van der Waals surface area contributed by atoms with E-state index >= 15 is 0 Å². The van der Waals surface area contributed by atoms with Crippen molar-refractivity contribution in [2.45, 2.75) is 0 Å². The summed E-state index contributed by atoms with van der Waals surface area (Å²) in [5.74, 6) is 0. The van der Waals surface area contributed by atoms with Gasteiger partial charge >= 0.3 is 7.60 Å². The average molecular weight is 219 g/mol. The first-order chi connectivity index (χ1) is 6.54. The number of nitrogens with zero attached hydrogens (tertiary/aromatic N) is 1. The van der Waals surface area contributed by atoms with Crippen LogP contribution in [0.5, 0.6) is 0 Å². The third-order valence-corrected chi connectivity index (χ3v) is 3.01. The van der Waals surface area contributed by atoms with Crippen molar-refractivity contribution in [2.24, 2.45) is 0 Å². The van der Waals surface area contributed by atoms with Crippen molar-refractivity contribution in [3.63, 3.8) is 0 Å². The van der Waals surface area contributed by atoms with E-state index in [4.69, 9.17) is 9.05 Å². The van der Waals surface area contributed by atoms with Crippen LogP contribution in [0.2, 0.25) is 0 Å². The van der Waals surface area contributed by atoms with E-state index in [1.165, 1.54) is 12.2 Å². The van der Waals surface area contributed by atoms with Gasteiger partial charge in [0, 0.05) is 0 Å². The molecular formula is C9H18NO3P. The minimum Gasteiger partial charge on any atom is -0.304 e. The van der Waals surface area contributed by atoms with Crippen molar-refractivity contribution in [3.05, 3.63) is 25.3 Å². The molecule has 0 rings (SSSR count). The fourth-order valence-electron chi connectivity index (χ4n) is 0.670. The molecule has 4 nitrogen and oxygen atoms in total. The summed E-state index contributed by atoms with van der Waals surface area (Å²) >= 11 is 0. The van der Waals surface area contributed by atoms with Crippen LogP contribution >= 0.6 is 7.60 Å². The number of hydrogen-bond acceptors (Lipinski definition) is 4. The Hall–Kier alpha value is -0.410. The van der Waals surface area contributed by atoms with Gasteiger partial charge in [0.2, 0.25) is 0 Å². The van der Waals surface area contributed by atoms with Crippen molar-refractivity contribution < 1.29 is 13.6 Å². The van der Waals surface area contributed by atoms with Gasteiger partial charge in [0.05, 0.1) is 12.8 Å². The van der Waals surface area contributed by atoms with Crippen molar-refractivity contribution in [2.75, 3.05) is 33.6 Å². The summed E-state index contributed by atoms with van der Waals surface area (Å²) < 4.78 is 22.1. The Morgan fingerprint density at radius 3 is 2.36 bits per heavy atom. The highest BCUT2D eigenvalue weighted by Crippen LogP contribution is 2.47. The second-order valence-electron chi connectivity index (χ2n) is 3.00. The van der Waals surface area contributed by atoms with E-state index in [2.05, 4.69) is 13.2 Å². The first kappa shape index (κ1) is 13.6. The van der Waals surface area contributed by atoms with Gasteiger partial charge in [0.25, 0.3) is 0 Å². The lowest BCUT2D eigenvalue weighted by atomic mass is 10.7. The molecule has 0 saturated heterocycles. The second-order valence-corrected chi connectivity index (χ2v) is 5.11. The van der Waals surface area contributed by atoms with Crippen LogP contribution in [-0.4, -0.2) is 38.5 Å². The fraction of sp³-hybridized carbons (Fsp3) is 0.556. The molecule has 0 aromatic carbocycles. The van der Waals surface area contributed by atoms with Gasteiger partial charge in [-0.3, -0.25) is 14.0 Å². The zero-order valence-corrected chi connectivity index (χ0v) is 9.70. The molecule has 0 aliphatic carbocycles. The quantitative estimate of drug-likeness (QED) is 0.356. The van der Waals surface area contributed by atoms with Crippen molar-refractivity contribution in [1.82, 2.24) is 4.90 Å². The zero-order valence-electron chi connectivity index (χ0n) is 8.81. The highest BCUT2D eigenvalue weighted by Gasteiger charge is 2.22. The molecule has 0 spiro atoms. The van der Waals surface area contributed by atoms with Crippen LogP contribution < -0.4 is 0 Å². The Balaban J connectivity index is 4.15. The van der Waals surface area contributed by atoms with Crippen LogP contribution in [0.3, 0.4) is 0 Å². The van der Waals surface area contributed by atoms with Gasteiger partial charge in [0.15, 0.2) is 0 Å². The van der Waals surface area contributed by atoms with Crippen LogP contribution in [-0.2, 0) is 13.6 Å².